The lowest BCUT2D eigenvalue weighted by atomic mass is 10.2. The number of nitrogens with one attached hydrogen (secondary N) is 1. The molecule has 0 heterocycles. The van der Waals surface area contributed by atoms with Crippen molar-refractivity contribution in [3.05, 3.63) is 0 Å². The summed E-state index contributed by atoms with van der Waals surface area (Å²) in [6, 6.07) is 0. The molecule has 0 atom stereocenters. The fourth-order valence-electron chi connectivity index (χ4n) is 1.01. The van der Waals surface area contributed by atoms with Gasteiger partial charge in [-0.05, 0) is 27.2 Å². The molecule has 0 aromatic heterocycles. The number of hydrogen-bond donors (Lipinski definition) is 2. The molecule has 1 amide bonds. The van der Waals surface area contributed by atoms with E-state index < -0.39 is 17.7 Å². The van der Waals surface area contributed by atoms with Gasteiger partial charge in [-0.1, -0.05) is 0 Å². The molecular weight excluding hydrogens is 226 g/mol. The number of alkyl carbamates (subject to hydrolysis) is 1. The van der Waals surface area contributed by atoms with Crippen LogP contribution in [-0.2, 0) is 14.3 Å². The summed E-state index contributed by atoms with van der Waals surface area (Å²) in [5.41, 5.74) is -0.601. The summed E-state index contributed by atoms with van der Waals surface area (Å²) in [7, 11) is 0. The minimum absolute atomic E-state index is 0.0435. The topological polar surface area (TPSA) is 92.7 Å². The average molecular weight is 245 g/mol. The van der Waals surface area contributed by atoms with E-state index in [9.17, 15) is 14.4 Å². The first-order chi connectivity index (χ1) is 7.70. The fourth-order valence-corrected chi connectivity index (χ4v) is 1.01. The van der Waals surface area contributed by atoms with Crippen LogP contribution < -0.4 is 5.32 Å². The molecule has 0 spiro atoms. The number of amides is 1. The zero-order chi connectivity index (χ0) is 13.5. The molecule has 98 valence electrons. The Bertz CT molecular complexity index is 293. The maximum atomic E-state index is 11.2. The molecule has 2 N–H and O–H groups in total. The molecule has 0 saturated carbocycles. The summed E-state index contributed by atoms with van der Waals surface area (Å²) in [6.07, 6.45) is -0.270. The van der Waals surface area contributed by atoms with Crippen LogP contribution in [0.25, 0.3) is 0 Å². The Hall–Kier alpha value is -1.59. The SMILES string of the molecule is CC(C)(C)OC(=O)NCC(=O)CCCC(=O)O. The molecule has 0 aromatic carbocycles. The van der Waals surface area contributed by atoms with Gasteiger partial charge in [0.15, 0.2) is 5.78 Å². The summed E-state index contributed by atoms with van der Waals surface area (Å²) < 4.78 is 4.93. The van der Waals surface area contributed by atoms with E-state index in [4.69, 9.17) is 9.84 Å². The molecule has 17 heavy (non-hydrogen) atoms. The van der Waals surface area contributed by atoms with Gasteiger partial charge >= 0.3 is 12.1 Å². The molecule has 0 saturated heterocycles. The Morgan fingerprint density at radius 2 is 1.76 bits per heavy atom. The van der Waals surface area contributed by atoms with Crippen molar-refractivity contribution in [2.45, 2.75) is 45.6 Å². The van der Waals surface area contributed by atoms with Gasteiger partial charge in [-0.3, -0.25) is 9.59 Å². The minimum atomic E-state index is -0.932. The van der Waals surface area contributed by atoms with Crippen LogP contribution in [0.5, 0.6) is 0 Å². The van der Waals surface area contributed by atoms with Crippen molar-refractivity contribution in [1.29, 1.82) is 0 Å². The number of carbonyl (C=O) groups is 3. The van der Waals surface area contributed by atoms with Crippen LogP contribution >= 0.6 is 0 Å². The van der Waals surface area contributed by atoms with Crippen molar-refractivity contribution in [1.82, 2.24) is 5.32 Å². The summed E-state index contributed by atoms with van der Waals surface area (Å²) in [5.74, 6) is -1.14. The third-order valence-electron chi connectivity index (χ3n) is 1.68. The summed E-state index contributed by atoms with van der Waals surface area (Å²) in [6.45, 7) is 5.04. The predicted molar refractivity (Wildman–Crippen MR) is 60.7 cm³/mol. The molecular formula is C11H19NO5. The largest absolute Gasteiger partial charge is 0.481 e. The number of aliphatic carboxylic acids is 1. The third-order valence-corrected chi connectivity index (χ3v) is 1.68. The van der Waals surface area contributed by atoms with Gasteiger partial charge in [-0.25, -0.2) is 4.79 Å². The summed E-state index contributed by atoms with van der Waals surface area (Å²) in [5, 5.41) is 10.7. The Kier molecular flexibility index (Phi) is 6.23. The highest BCUT2D eigenvalue weighted by atomic mass is 16.6. The van der Waals surface area contributed by atoms with Crippen LogP contribution in [-0.4, -0.2) is 35.1 Å². The summed E-state index contributed by atoms with van der Waals surface area (Å²) in [4.78, 5) is 32.6. The second-order valence-corrected chi connectivity index (χ2v) is 4.64. The number of rotatable bonds is 6. The molecule has 6 heteroatoms. The van der Waals surface area contributed by atoms with Crippen LogP contribution in [0, 0.1) is 0 Å². The smallest absolute Gasteiger partial charge is 0.408 e. The van der Waals surface area contributed by atoms with Crippen molar-refractivity contribution in [2.24, 2.45) is 0 Å². The second-order valence-electron chi connectivity index (χ2n) is 4.64. The Balaban J connectivity index is 3.70. The molecule has 0 aliphatic rings. The molecule has 0 aliphatic heterocycles. The maximum Gasteiger partial charge on any atom is 0.408 e. The van der Waals surface area contributed by atoms with Crippen LogP contribution in [0.2, 0.25) is 0 Å². The van der Waals surface area contributed by atoms with Crippen LogP contribution in [0.15, 0.2) is 0 Å². The Morgan fingerprint density at radius 1 is 1.18 bits per heavy atom. The highest BCUT2D eigenvalue weighted by Gasteiger charge is 2.16. The minimum Gasteiger partial charge on any atom is -0.481 e. The first-order valence-electron chi connectivity index (χ1n) is 5.41. The number of carboxylic acid groups (broad SMARTS) is 1. The highest BCUT2D eigenvalue weighted by Crippen LogP contribution is 2.06. The van der Waals surface area contributed by atoms with Crippen molar-refractivity contribution in [3.63, 3.8) is 0 Å². The van der Waals surface area contributed by atoms with Crippen LogP contribution in [0.1, 0.15) is 40.0 Å². The Labute approximate surface area is 100 Å². The van der Waals surface area contributed by atoms with Gasteiger partial charge in [-0.15, -0.1) is 0 Å². The van der Waals surface area contributed by atoms with E-state index in [1.54, 1.807) is 20.8 Å². The number of Topliss-reactive ketones (excluding diaryl/α,β-unsaturated/α-hetero) is 1. The number of ketones is 1. The van der Waals surface area contributed by atoms with E-state index >= 15 is 0 Å². The van der Waals surface area contributed by atoms with Gasteiger partial charge in [0.2, 0.25) is 0 Å². The Morgan fingerprint density at radius 3 is 2.24 bits per heavy atom. The third kappa shape index (κ3) is 10.7. The highest BCUT2D eigenvalue weighted by molar-refractivity contribution is 5.84. The van der Waals surface area contributed by atoms with Gasteiger partial charge in [0.05, 0.1) is 6.54 Å². The van der Waals surface area contributed by atoms with Crippen molar-refractivity contribution >= 4 is 17.8 Å². The lowest BCUT2D eigenvalue weighted by Crippen LogP contribution is -2.35. The summed E-state index contributed by atoms with van der Waals surface area (Å²) >= 11 is 0. The lowest BCUT2D eigenvalue weighted by Gasteiger charge is -2.19. The molecule has 0 rings (SSSR count). The average Bonchev–Trinajstić information content (AvgIpc) is 2.11. The quantitative estimate of drug-likeness (QED) is 0.736. The standard InChI is InChI=1S/C11H19NO5/c1-11(2,3)17-10(16)12-7-8(13)5-4-6-9(14)15/h4-7H2,1-3H3,(H,12,16)(H,14,15). The fraction of sp³-hybridized carbons (Fsp3) is 0.727. The van der Waals surface area contributed by atoms with E-state index in [2.05, 4.69) is 5.32 Å². The van der Waals surface area contributed by atoms with Gasteiger partial charge in [0, 0.05) is 12.8 Å². The van der Waals surface area contributed by atoms with Gasteiger partial charge in [-0.2, -0.15) is 0 Å². The molecule has 0 unspecified atom stereocenters. The van der Waals surface area contributed by atoms with E-state index in [1.165, 1.54) is 0 Å². The zero-order valence-corrected chi connectivity index (χ0v) is 10.4. The number of hydrogen-bond acceptors (Lipinski definition) is 4. The van der Waals surface area contributed by atoms with Crippen molar-refractivity contribution < 1.29 is 24.2 Å². The predicted octanol–water partition coefficient (Wildman–Crippen LogP) is 1.34. The van der Waals surface area contributed by atoms with Crippen LogP contribution in [0.3, 0.4) is 0 Å². The molecule has 6 nitrogen and oxygen atoms in total. The normalized spacial score (nSPS) is 10.8. The number of carboxylic acids is 1. The van der Waals surface area contributed by atoms with E-state index in [0.717, 1.165) is 0 Å². The van der Waals surface area contributed by atoms with E-state index in [1.807, 2.05) is 0 Å². The first kappa shape index (κ1) is 15.4. The molecule has 0 aromatic rings. The van der Waals surface area contributed by atoms with Crippen molar-refractivity contribution in [2.75, 3.05) is 6.54 Å². The van der Waals surface area contributed by atoms with E-state index in [0.29, 0.717) is 0 Å². The van der Waals surface area contributed by atoms with Crippen molar-refractivity contribution in [3.8, 4) is 0 Å². The first-order valence-corrected chi connectivity index (χ1v) is 5.41. The monoisotopic (exact) mass is 245 g/mol. The molecule has 0 aliphatic carbocycles. The van der Waals surface area contributed by atoms with E-state index in [-0.39, 0.29) is 31.6 Å². The lowest BCUT2D eigenvalue weighted by molar-refractivity contribution is -0.137. The molecule has 0 radical (unpaired) electrons. The number of ether oxygens (including phenoxy) is 1. The molecule has 0 bridgehead atoms. The van der Waals surface area contributed by atoms with Gasteiger partial charge in [0.1, 0.15) is 5.60 Å². The number of carbonyl (C=O) groups excluding carboxylic acids is 2. The van der Waals surface area contributed by atoms with Gasteiger partial charge < -0.3 is 15.2 Å². The maximum absolute atomic E-state index is 11.2. The van der Waals surface area contributed by atoms with Gasteiger partial charge in [0.25, 0.3) is 0 Å². The zero-order valence-electron chi connectivity index (χ0n) is 10.4. The molecule has 0 fully saturated rings. The van der Waals surface area contributed by atoms with Crippen LogP contribution in [0.4, 0.5) is 4.79 Å². The second kappa shape index (κ2) is 6.88.